The second kappa shape index (κ2) is 9.70. The monoisotopic (exact) mass is 501 g/mol. The molecule has 4 fully saturated rings. The number of nitrogens with one attached hydrogen (secondary N) is 1. The molecular weight excluding hydrogens is 466 g/mol. The van der Waals surface area contributed by atoms with Gasteiger partial charge in [-0.2, -0.15) is 5.10 Å². The van der Waals surface area contributed by atoms with E-state index in [2.05, 4.69) is 24.4 Å². The first-order valence-electron chi connectivity index (χ1n) is 13.7. The van der Waals surface area contributed by atoms with Crippen LogP contribution in [0.15, 0.2) is 48.5 Å². The topological polar surface area (TPSA) is 46.9 Å². The van der Waals surface area contributed by atoms with Gasteiger partial charge in [-0.3, -0.25) is 4.79 Å². The first-order valence-corrected chi connectivity index (χ1v) is 14.0. The summed E-state index contributed by atoms with van der Waals surface area (Å²) in [6.07, 6.45) is 9.67. The maximum atomic E-state index is 13.3. The molecule has 1 N–H and O–H groups in total. The minimum atomic E-state index is -0.0846. The molecule has 0 saturated heterocycles. The molecule has 0 radical (unpaired) electrons. The number of rotatable bonds is 7. The number of halogens is 1. The predicted octanol–water partition coefficient (Wildman–Crippen LogP) is 7.39. The van der Waals surface area contributed by atoms with Gasteiger partial charge >= 0.3 is 0 Å². The summed E-state index contributed by atoms with van der Waals surface area (Å²) in [5.74, 6) is 4.74. The van der Waals surface area contributed by atoms with Crippen LogP contribution in [0.4, 0.5) is 0 Å². The van der Waals surface area contributed by atoms with Crippen molar-refractivity contribution in [2.24, 2.45) is 29.6 Å². The van der Waals surface area contributed by atoms with Crippen LogP contribution >= 0.6 is 11.6 Å². The number of amides is 1. The van der Waals surface area contributed by atoms with Gasteiger partial charge in [0.05, 0.1) is 11.4 Å². The zero-order chi connectivity index (χ0) is 24.8. The van der Waals surface area contributed by atoms with Crippen molar-refractivity contribution < 1.29 is 4.79 Å². The number of hydrogen-bond donors (Lipinski definition) is 1. The molecule has 4 bridgehead atoms. The van der Waals surface area contributed by atoms with Crippen molar-refractivity contribution in [3.8, 4) is 16.9 Å². The Labute approximate surface area is 219 Å². The smallest absolute Gasteiger partial charge is 0.272 e. The van der Waals surface area contributed by atoms with Crippen molar-refractivity contribution >= 4 is 17.5 Å². The van der Waals surface area contributed by atoms with Crippen molar-refractivity contribution in [1.82, 2.24) is 15.1 Å². The van der Waals surface area contributed by atoms with E-state index in [1.165, 1.54) is 44.1 Å². The molecule has 5 heteroatoms. The lowest BCUT2D eigenvalue weighted by Gasteiger charge is -2.54. The molecule has 4 aliphatic rings. The van der Waals surface area contributed by atoms with Crippen molar-refractivity contribution in [2.45, 2.75) is 58.8 Å². The molecule has 0 aliphatic heterocycles. The Morgan fingerprint density at radius 3 is 2.22 bits per heavy atom. The Hall–Kier alpha value is -2.59. The summed E-state index contributed by atoms with van der Waals surface area (Å²) in [6, 6.07) is 16.0. The summed E-state index contributed by atoms with van der Waals surface area (Å²) in [5, 5.41) is 8.69. The van der Waals surface area contributed by atoms with Crippen molar-refractivity contribution in [3.05, 3.63) is 70.4 Å². The fourth-order valence-electron chi connectivity index (χ4n) is 7.66. The van der Waals surface area contributed by atoms with Crippen LogP contribution in [0.1, 0.15) is 66.6 Å². The highest BCUT2D eigenvalue weighted by molar-refractivity contribution is 6.30. The van der Waals surface area contributed by atoms with E-state index >= 15 is 0 Å². The lowest BCUT2D eigenvalue weighted by molar-refractivity contribution is -0.0401. The first kappa shape index (κ1) is 23.8. The maximum absolute atomic E-state index is 13.3. The van der Waals surface area contributed by atoms with E-state index in [4.69, 9.17) is 16.7 Å². The Bertz CT molecular complexity index is 1220. The Balaban J connectivity index is 1.17. The molecule has 2 aromatic carbocycles. The van der Waals surface area contributed by atoms with Gasteiger partial charge in [0.2, 0.25) is 0 Å². The summed E-state index contributed by atoms with van der Waals surface area (Å²) in [7, 11) is 0. The van der Waals surface area contributed by atoms with Crippen LogP contribution in [0.25, 0.3) is 16.9 Å². The zero-order valence-corrected chi connectivity index (χ0v) is 22.1. The predicted molar refractivity (Wildman–Crippen MR) is 146 cm³/mol. The summed E-state index contributed by atoms with van der Waals surface area (Å²) in [6.45, 7) is 4.78. The Morgan fingerprint density at radius 1 is 0.944 bits per heavy atom. The van der Waals surface area contributed by atoms with Gasteiger partial charge < -0.3 is 5.32 Å². The fourth-order valence-corrected chi connectivity index (χ4v) is 7.79. The fraction of sp³-hybridized carbons (Fsp3) is 0.484. The van der Waals surface area contributed by atoms with Gasteiger partial charge in [0.15, 0.2) is 5.69 Å². The summed E-state index contributed by atoms with van der Waals surface area (Å²) < 4.78 is 1.89. The quantitative estimate of drug-likeness (QED) is 0.343. The molecule has 1 aromatic heterocycles. The molecule has 0 atom stereocenters. The molecule has 4 nitrogen and oxygen atoms in total. The zero-order valence-electron chi connectivity index (χ0n) is 21.3. The van der Waals surface area contributed by atoms with Gasteiger partial charge in [-0.25, -0.2) is 4.68 Å². The van der Waals surface area contributed by atoms with Crippen LogP contribution < -0.4 is 5.32 Å². The van der Waals surface area contributed by atoms with Crippen molar-refractivity contribution in [1.29, 1.82) is 0 Å². The average Bonchev–Trinajstić information content (AvgIpc) is 3.20. The molecule has 1 heterocycles. The summed E-state index contributed by atoms with van der Waals surface area (Å²) in [5.41, 5.74) is 5.43. The van der Waals surface area contributed by atoms with Gasteiger partial charge in [-0.1, -0.05) is 41.4 Å². The van der Waals surface area contributed by atoms with Crippen molar-refractivity contribution in [2.75, 3.05) is 6.54 Å². The summed E-state index contributed by atoms with van der Waals surface area (Å²) in [4.78, 5) is 13.3. The number of nitrogens with zero attached hydrogens (tertiary/aromatic N) is 2. The molecule has 4 saturated carbocycles. The van der Waals surface area contributed by atoms with Gasteiger partial charge in [-0.15, -0.1) is 0 Å². The number of hydrogen-bond acceptors (Lipinski definition) is 2. The van der Waals surface area contributed by atoms with Crippen LogP contribution in [-0.4, -0.2) is 22.2 Å². The third-order valence-corrected chi connectivity index (χ3v) is 9.41. The maximum Gasteiger partial charge on any atom is 0.272 e. The number of aromatic nitrogens is 2. The van der Waals surface area contributed by atoms with E-state index in [9.17, 15) is 4.79 Å². The van der Waals surface area contributed by atoms with Gasteiger partial charge in [0, 0.05) is 22.7 Å². The standard InChI is InChI=1S/C31H36ClN3O/c1-19-5-11-27(12-6-19)35-30(23-7-9-26(32)10-8-23)20(2)29(34-35)31(36)33-13-3-4-28-24-15-21-14-22(17-24)18-25(28)16-21/h5-12,21-22,24-25,28H,3-4,13-18H2,1-2H3,(H,33,36). The molecule has 1 amide bonds. The van der Waals surface area contributed by atoms with Crippen LogP contribution in [-0.2, 0) is 0 Å². The minimum Gasteiger partial charge on any atom is -0.351 e. The van der Waals surface area contributed by atoms with E-state index in [1.807, 2.05) is 48.0 Å². The Kier molecular flexibility index (Phi) is 6.41. The third kappa shape index (κ3) is 4.49. The van der Waals surface area contributed by atoms with Crippen molar-refractivity contribution in [3.63, 3.8) is 0 Å². The first-order chi connectivity index (χ1) is 17.5. The summed E-state index contributed by atoms with van der Waals surface area (Å²) >= 11 is 6.15. The molecule has 188 valence electrons. The highest BCUT2D eigenvalue weighted by Crippen LogP contribution is 2.57. The molecule has 36 heavy (non-hydrogen) atoms. The highest BCUT2D eigenvalue weighted by atomic mass is 35.5. The molecule has 4 aliphatic carbocycles. The van der Waals surface area contributed by atoms with Crippen LogP contribution in [0.3, 0.4) is 0 Å². The van der Waals surface area contributed by atoms with Gasteiger partial charge in [0.1, 0.15) is 0 Å². The lowest BCUT2D eigenvalue weighted by atomic mass is 9.51. The largest absolute Gasteiger partial charge is 0.351 e. The molecule has 7 rings (SSSR count). The van der Waals surface area contributed by atoms with E-state index in [0.717, 1.165) is 65.1 Å². The molecule has 0 spiro atoms. The normalized spacial score (nSPS) is 26.4. The number of carbonyl (C=O) groups excluding carboxylic acids is 1. The lowest BCUT2D eigenvalue weighted by Crippen LogP contribution is -2.45. The van der Waals surface area contributed by atoms with E-state index < -0.39 is 0 Å². The van der Waals surface area contributed by atoms with E-state index in [-0.39, 0.29) is 5.91 Å². The second-order valence-corrected chi connectivity index (χ2v) is 12.0. The minimum absolute atomic E-state index is 0.0846. The number of aryl methyl sites for hydroxylation is 1. The van der Waals surface area contributed by atoms with Crippen LogP contribution in [0.5, 0.6) is 0 Å². The molecule has 0 unspecified atom stereocenters. The molecule has 3 aromatic rings. The number of benzene rings is 2. The Morgan fingerprint density at radius 2 is 1.58 bits per heavy atom. The third-order valence-electron chi connectivity index (χ3n) is 9.16. The SMILES string of the molecule is Cc1ccc(-n2nc(C(=O)NCCCC3C4CC5CC(C4)CC3C5)c(C)c2-c2ccc(Cl)cc2)cc1. The van der Waals surface area contributed by atoms with E-state index in [1.54, 1.807) is 0 Å². The van der Waals surface area contributed by atoms with Gasteiger partial charge in [-0.05, 0) is 113 Å². The second-order valence-electron chi connectivity index (χ2n) is 11.6. The molecular formula is C31H36ClN3O. The average molecular weight is 502 g/mol. The van der Waals surface area contributed by atoms with Crippen LogP contribution in [0.2, 0.25) is 5.02 Å². The number of carbonyl (C=O) groups is 1. The van der Waals surface area contributed by atoms with Gasteiger partial charge in [0.25, 0.3) is 5.91 Å². The van der Waals surface area contributed by atoms with Crippen LogP contribution in [0, 0.1) is 43.4 Å². The highest BCUT2D eigenvalue weighted by Gasteiger charge is 2.47. The van der Waals surface area contributed by atoms with E-state index in [0.29, 0.717) is 10.7 Å².